The maximum absolute atomic E-state index is 5.78. The number of benzene rings is 4. The predicted molar refractivity (Wildman–Crippen MR) is 138 cm³/mol. The number of methoxy groups -OCH3 is 2. The Kier molecular flexibility index (Phi) is 6.92. The minimum absolute atomic E-state index is 0.722. The first-order valence-electron chi connectivity index (χ1n) is 11.1. The van der Waals surface area contributed by atoms with Crippen molar-refractivity contribution in [3.05, 3.63) is 102 Å². The fourth-order valence-corrected chi connectivity index (χ4v) is 4.10. The van der Waals surface area contributed by atoms with Crippen LogP contribution in [0.15, 0.2) is 91.0 Å². The van der Waals surface area contributed by atoms with E-state index in [1.54, 1.807) is 14.2 Å². The van der Waals surface area contributed by atoms with E-state index in [9.17, 15) is 0 Å². The second kappa shape index (κ2) is 10.2. The van der Waals surface area contributed by atoms with Crippen molar-refractivity contribution in [1.29, 1.82) is 0 Å². The molecule has 0 spiro atoms. The molecule has 4 rings (SSSR count). The molecule has 33 heavy (non-hydrogen) atoms. The van der Waals surface area contributed by atoms with Gasteiger partial charge in [0.2, 0.25) is 0 Å². The Labute approximate surface area is 196 Å². The van der Waals surface area contributed by atoms with Gasteiger partial charge in [-0.1, -0.05) is 66.7 Å². The molecule has 0 amide bonds. The standard InChI is InChI=1S/C30H29NO2/c1-21(18-25-12-8-9-13-28(25)31-2)26-19-27(30(33-4)29(20-26)32-3)24-16-14-23(15-17-24)22-10-6-5-7-11-22/h5-20,31H,1-4H3/p+1/b21-18+. The minimum Gasteiger partial charge on any atom is -0.493 e. The molecule has 0 aliphatic heterocycles. The van der Waals surface area contributed by atoms with Gasteiger partial charge in [-0.2, -0.15) is 0 Å². The first kappa shape index (κ1) is 22.4. The predicted octanol–water partition coefficient (Wildman–Crippen LogP) is 6.42. The molecule has 0 atom stereocenters. The van der Waals surface area contributed by atoms with Crippen LogP contribution in [0.3, 0.4) is 0 Å². The molecular weight excluding hydrogens is 406 g/mol. The summed E-state index contributed by atoms with van der Waals surface area (Å²) in [6.07, 6.45) is 2.22. The summed E-state index contributed by atoms with van der Waals surface area (Å²) in [5.41, 5.74) is 9.15. The van der Waals surface area contributed by atoms with Gasteiger partial charge in [0.25, 0.3) is 0 Å². The van der Waals surface area contributed by atoms with Crippen molar-refractivity contribution in [2.75, 3.05) is 21.3 Å². The zero-order valence-corrected chi connectivity index (χ0v) is 19.6. The first-order valence-corrected chi connectivity index (χ1v) is 11.1. The second-order valence-corrected chi connectivity index (χ2v) is 7.95. The number of rotatable bonds is 7. The summed E-state index contributed by atoms with van der Waals surface area (Å²) in [5, 5.41) is 2.13. The minimum atomic E-state index is 0.722. The van der Waals surface area contributed by atoms with Crippen molar-refractivity contribution in [3.63, 3.8) is 0 Å². The van der Waals surface area contributed by atoms with Gasteiger partial charge in [-0.15, -0.1) is 0 Å². The largest absolute Gasteiger partial charge is 0.493 e. The Balaban J connectivity index is 1.78. The monoisotopic (exact) mass is 436 g/mol. The summed E-state index contributed by atoms with van der Waals surface area (Å²) in [4.78, 5) is 0. The van der Waals surface area contributed by atoms with Crippen LogP contribution in [0.2, 0.25) is 0 Å². The smallest absolute Gasteiger partial charge is 0.168 e. The maximum Gasteiger partial charge on any atom is 0.168 e. The molecule has 0 aliphatic rings. The van der Waals surface area contributed by atoms with E-state index in [0.29, 0.717) is 0 Å². The lowest BCUT2D eigenvalue weighted by molar-refractivity contribution is -0.539. The highest BCUT2D eigenvalue weighted by atomic mass is 16.5. The van der Waals surface area contributed by atoms with Crippen LogP contribution in [-0.4, -0.2) is 21.3 Å². The second-order valence-electron chi connectivity index (χ2n) is 7.95. The van der Waals surface area contributed by atoms with Crippen LogP contribution in [0, 0.1) is 0 Å². The molecule has 4 aromatic rings. The van der Waals surface area contributed by atoms with E-state index in [4.69, 9.17) is 9.47 Å². The van der Waals surface area contributed by atoms with Gasteiger partial charge < -0.3 is 14.8 Å². The van der Waals surface area contributed by atoms with Gasteiger partial charge in [-0.25, -0.2) is 0 Å². The van der Waals surface area contributed by atoms with Crippen molar-refractivity contribution >= 4 is 17.3 Å². The van der Waals surface area contributed by atoms with E-state index >= 15 is 0 Å². The van der Waals surface area contributed by atoms with Crippen molar-refractivity contribution in [3.8, 4) is 33.8 Å². The van der Waals surface area contributed by atoms with Crippen LogP contribution < -0.4 is 14.8 Å². The van der Waals surface area contributed by atoms with E-state index in [1.807, 2.05) is 12.1 Å². The van der Waals surface area contributed by atoms with Gasteiger partial charge in [0.05, 0.1) is 21.3 Å². The number of nitrogens with two attached hydrogens (primary N) is 1. The molecule has 0 saturated heterocycles. The highest BCUT2D eigenvalue weighted by Gasteiger charge is 2.15. The number of para-hydroxylation sites is 1. The molecule has 0 fully saturated rings. The van der Waals surface area contributed by atoms with Crippen molar-refractivity contribution in [2.45, 2.75) is 6.92 Å². The third-order valence-corrected chi connectivity index (χ3v) is 5.92. The summed E-state index contributed by atoms with van der Waals surface area (Å²) in [6.45, 7) is 2.13. The van der Waals surface area contributed by atoms with Gasteiger partial charge >= 0.3 is 0 Å². The molecule has 4 aromatic carbocycles. The topological polar surface area (TPSA) is 35.1 Å². The van der Waals surface area contributed by atoms with E-state index in [0.717, 1.165) is 33.8 Å². The van der Waals surface area contributed by atoms with E-state index in [-0.39, 0.29) is 0 Å². The lowest BCUT2D eigenvalue weighted by atomic mass is 9.95. The Hall–Kier alpha value is -3.82. The molecular formula is C30H30NO2+. The molecule has 0 saturated carbocycles. The fourth-order valence-electron chi connectivity index (χ4n) is 4.10. The SMILES string of the molecule is C[NH2+]c1ccccc1/C=C(\C)c1cc(OC)c(OC)c(-c2ccc(-c3ccccc3)cc2)c1. The van der Waals surface area contributed by atoms with Gasteiger partial charge in [0.15, 0.2) is 11.5 Å². The maximum atomic E-state index is 5.78. The molecule has 0 unspecified atom stereocenters. The highest BCUT2D eigenvalue weighted by Crippen LogP contribution is 2.41. The summed E-state index contributed by atoms with van der Waals surface area (Å²) in [5.74, 6) is 1.46. The van der Waals surface area contributed by atoms with Gasteiger partial charge in [0, 0.05) is 11.1 Å². The Morgan fingerprint density at radius 2 is 1.36 bits per heavy atom. The Morgan fingerprint density at radius 3 is 2.03 bits per heavy atom. The highest BCUT2D eigenvalue weighted by molar-refractivity contribution is 5.87. The van der Waals surface area contributed by atoms with Crippen LogP contribution in [0.4, 0.5) is 5.69 Å². The average molecular weight is 437 g/mol. The molecule has 2 N–H and O–H groups in total. The third kappa shape index (κ3) is 4.84. The van der Waals surface area contributed by atoms with Crippen molar-refractivity contribution < 1.29 is 14.8 Å². The first-order chi connectivity index (χ1) is 16.1. The fraction of sp³-hybridized carbons (Fsp3) is 0.133. The van der Waals surface area contributed by atoms with Crippen LogP contribution in [-0.2, 0) is 0 Å². The van der Waals surface area contributed by atoms with Crippen LogP contribution in [0.25, 0.3) is 33.9 Å². The molecule has 0 heterocycles. The molecule has 0 bridgehead atoms. The molecule has 166 valence electrons. The number of allylic oxidation sites excluding steroid dienone is 1. The van der Waals surface area contributed by atoms with Crippen LogP contribution in [0.5, 0.6) is 11.5 Å². The number of hydrogen-bond acceptors (Lipinski definition) is 2. The zero-order valence-electron chi connectivity index (χ0n) is 19.6. The summed E-state index contributed by atoms with van der Waals surface area (Å²) < 4.78 is 11.5. The molecule has 3 heteroatoms. The number of ether oxygens (including phenoxy) is 2. The van der Waals surface area contributed by atoms with Crippen LogP contribution in [0.1, 0.15) is 18.1 Å². The quantitative estimate of drug-likeness (QED) is 0.268. The Morgan fingerprint density at radius 1 is 0.727 bits per heavy atom. The molecule has 3 nitrogen and oxygen atoms in total. The van der Waals surface area contributed by atoms with Crippen LogP contribution >= 0.6 is 0 Å². The molecule has 0 aliphatic carbocycles. The Bertz CT molecular complexity index is 1260. The zero-order chi connectivity index (χ0) is 23.2. The summed E-state index contributed by atoms with van der Waals surface area (Å²) >= 11 is 0. The summed E-state index contributed by atoms with van der Waals surface area (Å²) in [7, 11) is 5.44. The van der Waals surface area contributed by atoms with Crippen molar-refractivity contribution in [2.24, 2.45) is 0 Å². The van der Waals surface area contributed by atoms with Gasteiger partial charge in [-0.05, 0) is 65.1 Å². The normalized spacial score (nSPS) is 11.3. The molecule has 0 radical (unpaired) electrons. The summed E-state index contributed by atoms with van der Waals surface area (Å²) in [6, 6.07) is 31.6. The average Bonchev–Trinajstić information content (AvgIpc) is 2.88. The third-order valence-electron chi connectivity index (χ3n) is 5.92. The van der Waals surface area contributed by atoms with E-state index in [1.165, 1.54) is 22.4 Å². The molecule has 0 aromatic heterocycles. The van der Waals surface area contributed by atoms with Crippen molar-refractivity contribution in [1.82, 2.24) is 0 Å². The van der Waals surface area contributed by atoms with E-state index < -0.39 is 0 Å². The lowest BCUT2D eigenvalue weighted by Crippen LogP contribution is -2.73. The van der Waals surface area contributed by atoms with E-state index in [2.05, 4.69) is 104 Å². The lowest BCUT2D eigenvalue weighted by Gasteiger charge is -2.16. The number of quaternary nitrogens is 1. The number of hydrogen-bond donors (Lipinski definition) is 1. The van der Waals surface area contributed by atoms with Gasteiger partial charge in [0.1, 0.15) is 5.69 Å². The van der Waals surface area contributed by atoms with Gasteiger partial charge in [-0.3, -0.25) is 0 Å².